The predicted molar refractivity (Wildman–Crippen MR) is 92.7 cm³/mol. The van der Waals surface area contributed by atoms with Crippen molar-refractivity contribution in [1.29, 1.82) is 0 Å². The lowest BCUT2D eigenvalue weighted by atomic mass is 9.92. The molecule has 0 radical (unpaired) electrons. The van der Waals surface area contributed by atoms with Crippen LogP contribution in [0.3, 0.4) is 0 Å². The van der Waals surface area contributed by atoms with E-state index in [9.17, 15) is 9.18 Å². The number of aromatic nitrogens is 1. The van der Waals surface area contributed by atoms with E-state index in [-0.39, 0.29) is 17.6 Å². The van der Waals surface area contributed by atoms with Gasteiger partial charge in [0.25, 0.3) is 0 Å². The molecule has 5 nitrogen and oxygen atoms in total. The van der Waals surface area contributed by atoms with Gasteiger partial charge in [-0.1, -0.05) is 6.07 Å². The lowest BCUT2D eigenvalue weighted by Crippen LogP contribution is -2.42. The summed E-state index contributed by atoms with van der Waals surface area (Å²) in [6.45, 7) is 3.43. The van der Waals surface area contributed by atoms with Crippen LogP contribution in [-0.2, 0) is 11.3 Å². The lowest BCUT2D eigenvalue weighted by molar-refractivity contribution is -0.126. The minimum atomic E-state index is -0.311. The Morgan fingerprint density at radius 3 is 2.80 bits per heavy atom. The molecule has 0 aliphatic carbocycles. The summed E-state index contributed by atoms with van der Waals surface area (Å²) < 4.78 is 18.4. The molecular formula is C19H22FN3O2. The number of halogens is 1. The Labute approximate surface area is 146 Å². The molecule has 1 amide bonds. The standard InChI is InChI=1S/C19H22FN3O2/c1-13-10-15(8-9-21-13)19(24)23-12-14-2-7-18(22-11-14)25-17-5-3-16(20)4-6-17/h2-7,11,13,15,21H,8-10,12H2,1H3,(H,23,24)/t13-,15-/m0/s1. The van der Waals surface area contributed by atoms with Crippen molar-refractivity contribution in [2.24, 2.45) is 5.92 Å². The third kappa shape index (κ3) is 5.00. The van der Waals surface area contributed by atoms with Gasteiger partial charge in [-0.25, -0.2) is 9.37 Å². The molecule has 1 saturated heterocycles. The predicted octanol–water partition coefficient (Wildman–Crippen LogP) is 3.02. The molecule has 6 heteroatoms. The second kappa shape index (κ2) is 8.07. The number of carbonyl (C=O) groups excluding carboxylic acids is 1. The number of carbonyl (C=O) groups is 1. The molecule has 3 rings (SSSR count). The Morgan fingerprint density at radius 1 is 1.32 bits per heavy atom. The van der Waals surface area contributed by atoms with Gasteiger partial charge in [-0.05, 0) is 56.1 Å². The third-order valence-corrected chi connectivity index (χ3v) is 4.29. The fourth-order valence-electron chi connectivity index (χ4n) is 2.90. The van der Waals surface area contributed by atoms with E-state index in [1.165, 1.54) is 12.1 Å². The Kier molecular flexibility index (Phi) is 5.60. The first kappa shape index (κ1) is 17.4. The molecule has 2 atom stereocenters. The maximum Gasteiger partial charge on any atom is 0.223 e. The molecule has 2 aromatic rings. The monoisotopic (exact) mass is 343 g/mol. The normalized spacial score (nSPS) is 20.1. The van der Waals surface area contributed by atoms with Crippen molar-refractivity contribution in [1.82, 2.24) is 15.6 Å². The van der Waals surface area contributed by atoms with Crippen molar-refractivity contribution in [3.63, 3.8) is 0 Å². The summed E-state index contributed by atoms with van der Waals surface area (Å²) in [4.78, 5) is 16.5. The number of benzene rings is 1. The molecule has 0 unspecified atom stereocenters. The highest BCUT2D eigenvalue weighted by Gasteiger charge is 2.24. The van der Waals surface area contributed by atoms with Crippen molar-refractivity contribution in [3.8, 4) is 11.6 Å². The maximum atomic E-state index is 12.9. The van der Waals surface area contributed by atoms with E-state index in [2.05, 4.69) is 22.5 Å². The van der Waals surface area contributed by atoms with Gasteiger partial charge in [-0.3, -0.25) is 4.79 Å². The van der Waals surface area contributed by atoms with Gasteiger partial charge in [0.05, 0.1) is 0 Å². The third-order valence-electron chi connectivity index (χ3n) is 4.29. The molecule has 0 saturated carbocycles. The van der Waals surface area contributed by atoms with Crippen LogP contribution in [0.1, 0.15) is 25.3 Å². The number of hydrogen-bond donors (Lipinski definition) is 2. The first-order valence-corrected chi connectivity index (χ1v) is 8.49. The zero-order valence-electron chi connectivity index (χ0n) is 14.2. The Morgan fingerprint density at radius 2 is 2.12 bits per heavy atom. The zero-order chi connectivity index (χ0) is 17.6. The van der Waals surface area contributed by atoms with E-state index >= 15 is 0 Å². The number of piperidine rings is 1. The zero-order valence-corrected chi connectivity index (χ0v) is 14.2. The van der Waals surface area contributed by atoms with Crippen molar-refractivity contribution >= 4 is 5.91 Å². The van der Waals surface area contributed by atoms with Gasteiger partial charge >= 0.3 is 0 Å². The Hall–Kier alpha value is -2.47. The molecule has 2 N–H and O–H groups in total. The van der Waals surface area contributed by atoms with Crippen LogP contribution < -0.4 is 15.4 Å². The van der Waals surface area contributed by atoms with Crippen molar-refractivity contribution in [3.05, 3.63) is 54.0 Å². The Bertz CT molecular complexity index is 704. The van der Waals surface area contributed by atoms with Crippen molar-refractivity contribution in [2.75, 3.05) is 6.54 Å². The molecule has 0 spiro atoms. The van der Waals surface area contributed by atoms with Crippen LogP contribution in [0, 0.1) is 11.7 Å². The van der Waals surface area contributed by atoms with Crippen LogP contribution in [0.5, 0.6) is 11.6 Å². The average Bonchev–Trinajstić information content (AvgIpc) is 2.63. The van der Waals surface area contributed by atoms with E-state index < -0.39 is 0 Å². The summed E-state index contributed by atoms with van der Waals surface area (Å²) in [7, 11) is 0. The van der Waals surface area contributed by atoms with Gasteiger partial charge in [0.1, 0.15) is 11.6 Å². The van der Waals surface area contributed by atoms with Crippen LogP contribution in [-0.4, -0.2) is 23.5 Å². The number of nitrogens with one attached hydrogen (secondary N) is 2. The summed E-state index contributed by atoms with van der Waals surface area (Å²) in [5, 5.41) is 6.32. The molecule has 1 aromatic heterocycles. The quantitative estimate of drug-likeness (QED) is 0.876. The number of nitrogens with zero attached hydrogens (tertiary/aromatic N) is 1. The van der Waals surface area contributed by atoms with E-state index in [4.69, 9.17) is 4.74 Å². The number of hydrogen-bond acceptors (Lipinski definition) is 4. The lowest BCUT2D eigenvalue weighted by Gasteiger charge is -2.27. The molecule has 1 aromatic carbocycles. The molecule has 1 aliphatic heterocycles. The molecular weight excluding hydrogens is 321 g/mol. The summed E-state index contributed by atoms with van der Waals surface area (Å²) in [5.74, 6) is 0.809. The number of amides is 1. The van der Waals surface area contributed by atoms with Crippen LogP contribution in [0.2, 0.25) is 0 Å². The van der Waals surface area contributed by atoms with Crippen LogP contribution in [0.4, 0.5) is 4.39 Å². The number of ether oxygens (including phenoxy) is 1. The van der Waals surface area contributed by atoms with Crippen molar-refractivity contribution < 1.29 is 13.9 Å². The van der Waals surface area contributed by atoms with Gasteiger partial charge in [0, 0.05) is 30.8 Å². The smallest absolute Gasteiger partial charge is 0.223 e. The number of pyridine rings is 1. The second-order valence-electron chi connectivity index (χ2n) is 6.35. The second-order valence-corrected chi connectivity index (χ2v) is 6.35. The molecule has 1 fully saturated rings. The van der Waals surface area contributed by atoms with Crippen LogP contribution in [0.15, 0.2) is 42.6 Å². The minimum absolute atomic E-state index is 0.0743. The molecule has 2 heterocycles. The average molecular weight is 343 g/mol. The Balaban J connectivity index is 1.50. The minimum Gasteiger partial charge on any atom is -0.439 e. The highest BCUT2D eigenvalue weighted by molar-refractivity contribution is 5.78. The molecule has 25 heavy (non-hydrogen) atoms. The molecule has 132 valence electrons. The van der Waals surface area contributed by atoms with E-state index in [0.29, 0.717) is 24.2 Å². The molecule has 1 aliphatic rings. The summed E-state index contributed by atoms with van der Waals surface area (Å²) in [6, 6.07) is 9.74. The van der Waals surface area contributed by atoms with Gasteiger partial charge < -0.3 is 15.4 Å². The van der Waals surface area contributed by atoms with Crippen LogP contribution in [0.25, 0.3) is 0 Å². The van der Waals surface area contributed by atoms with Crippen LogP contribution >= 0.6 is 0 Å². The summed E-state index contributed by atoms with van der Waals surface area (Å²) in [6.07, 6.45) is 3.41. The van der Waals surface area contributed by atoms with Gasteiger partial charge in [0.15, 0.2) is 0 Å². The van der Waals surface area contributed by atoms with E-state index in [1.807, 2.05) is 6.07 Å². The first-order chi connectivity index (χ1) is 12.1. The topological polar surface area (TPSA) is 63.2 Å². The summed E-state index contributed by atoms with van der Waals surface area (Å²) in [5.41, 5.74) is 0.904. The van der Waals surface area contributed by atoms with E-state index in [0.717, 1.165) is 24.9 Å². The fourth-order valence-corrected chi connectivity index (χ4v) is 2.90. The summed E-state index contributed by atoms with van der Waals surface area (Å²) >= 11 is 0. The van der Waals surface area contributed by atoms with Crippen molar-refractivity contribution in [2.45, 2.75) is 32.4 Å². The fraction of sp³-hybridized carbons (Fsp3) is 0.368. The highest BCUT2D eigenvalue weighted by atomic mass is 19.1. The molecule has 0 bridgehead atoms. The van der Waals surface area contributed by atoms with Gasteiger partial charge in [-0.2, -0.15) is 0 Å². The first-order valence-electron chi connectivity index (χ1n) is 8.49. The maximum absolute atomic E-state index is 12.9. The van der Waals surface area contributed by atoms with E-state index in [1.54, 1.807) is 24.4 Å². The number of rotatable bonds is 5. The van der Waals surface area contributed by atoms with Gasteiger partial charge in [0.2, 0.25) is 11.8 Å². The SMILES string of the molecule is C[C@H]1C[C@@H](C(=O)NCc2ccc(Oc3ccc(F)cc3)nc2)CCN1. The van der Waals surface area contributed by atoms with Gasteiger partial charge in [-0.15, -0.1) is 0 Å². The largest absolute Gasteiger partial charge is 0.439 e. The highest BCUT2D eigenvalue weighted by Crippen LogP contribution is 2.20.